The minimum Gasteiger partial charge on any atom is -0.444 e. The molecule has 2 atom stereocenters. The van der Waals surface area contributed by atoms with Crippen molar-refractivity contribution in [2.45, 2.75) is 51.3 Å². The van der Waals surface area contributed by atoms with E-state index in [1.54, 1.807) is 44.0 Å². The molecule has 1 aliphatic heterocycles. The van der Waals surface area contributed by atoms with Crippen molar-refractivity contribution in [3.63, 3.8) is 0 Å². The SMILES string of the molecule is CC(C)(C)OC(=O)N1CC(OCc2ccc(C(F)(F)F)cc2)C(n2cc(-c3cncnc3)nn2)C1. The number of hydrogen-bond acceptors (Lipinski definition) is 7. The molecule has 0 N–H and O–H groups in total. The molecular weight excluding hydrogens is 465 g/mol. The lowest BCUT2D eigenvalue weighted by molar-refractivity contribution is -0.137. The van der Waals surface area contributed by atoms with E-state index in [9.17, 15) is 18.0 Å². The molecule has 1 aromatic carbocycles. The molecule has 1 fully saturated rings. The highest BCUT2D eigenvalue weighted by Crippen LogP contribution is 2.30. The highest BCUT2D eigenvalue weighted by Gasteiger charge is 2.40. The molecule has 186 valence electrons. The lowest BCUT2D eigenvalue weighted by Gasteiger charge is -2.24. The van der Waals surface area contributed by atoms with Crippen LogP contribution in [-0.4, -0.2) is 60.7 Å². The highest BCUT2D eigenvalue weighted by atomic mass is 19.4. The van der Waals surface area contributed by atoms with Gasteiger partial charge in [0.15, 0.2) is 0 Å². The summed E-state index contributed by atoms with van der Waals surface area (Å²) < 4.78 is 51.7. The average molecular weight is 490 g/mol. The first-order valence-corrected chi connectivity index (χ1v) is 10.9. The molecule has 1 saturated heterocycles. The molecule has 9 nitrogen and oxygen atoms in total. The second-order valence-electron chi connectivity index (χ2n) is 9.21. The molecule has 0 spiro atoms. The van der Waals surface area contributed by atoms with E-state index in [0.29, 0.717) is 16.8 Å². The number of alkyl halides is 3. The summed E-state index contributed by atoms with van der Waals surface area (Å²) in [6.07, 6.45) is 0.971. The van der Waals surface area contributed by atoms with Crippen LogP contribution in [0.25, 0.3) is 11.3 Å². The smallest absolute Gasteiger partial charge is 0.416 e. The number of carbonyl (C=O) groups is 1. The van der Waals surface area contributed by atoms with Crippen LogP contribution in [0.3, 0.4) is 0 Å². The fraction of sp³-hybridized carbons (Fsp3) is 0.435. The molecule has 0 radical (unpaired) electrons. The Hall–Kier alpha value is -3.54. The van der Waals surface area contributed by atoms with Crippen LogP contribution in [0.1, 0.15) is 37.9 Å². The number of carbonyl (C=O) groups excluding carboxylic acids is 1. The molecule has 3 aromatic rings. The van der Waals surface area contributed by atoms with Gasteiger partial charge in [0.2, 0.25) is 0 Å². The second-order valence-corrected chi connectivity index (χ2v) is 9.21. The molecule has 4 rings (SSSR count). The Morgan fingerprint density at radius 1 is 1.09 bits per heavy atom. The van der Waals surface area contributed by atoms with Gasteiger partial charge in [0.1, 0.15) is 17.6 Å². The van der Waals surface area contributed by atoms with Crippen molar-refractivity contribution in [3.05, 3.63) is 60.3 Å². The predicted molar refractivity (Wildman–Crippen MR) is 118 cm³/mol. The van der Waals surface area contributed by atoms with Gasteiger partial charge in [-0.2, -0.15) is 13.2 Å². The number of halogens is 3. The third-order valence-corrected chi connectivity index (χ3v) is 5.34. The number of hydrogen-bond donors (Lipinski definition) is 0. The summed E-state index contributed by atoms with van der Waals surface area (Å²) in [6, 6.07) is 4.40. The summed E-state index contributed by atoms with van der Waals surface area (Å²) in [5, 5.41) is 8.40. The molecule has 0 aliphatic carbocycles. The Bertz CT molecular complexity index is 1150. The Morgan fingerprint density at radius 3 is 2.40 bits per heavy atom. The Labute approximate surface area is 199 Å². The van der Waals surface area contributed by atoms with Crippen molar-refractivity contribution in [1.29, 1.82) is 0 Å². The van der Waals surface area contributed by atoms with Gasteiger partial charge >= 0.3 is 12.3 Å². The summed E-state index contributed by atoms with van der Waals surface area (Å²) in [7, 11) is 0. The van der Waals surface area contributed by atoms with Crippen molar-refractivity contribution >= 4 is 6.09 Å². The van der Waals surface area contributed by atoms with Crippen LogP contribution in [-0.2, 0) is 22.3 Å². The first kappa shape index (κ1) is 24.6. The van der Waals surface area contributed by atoms with E-state index in [1.165, 1.54) is 23.4 Å². The minimum atomic E-state index is -4.40. The monoisotopic (exact) mass is 490 g/mol. The summed E-state index contributed by atoms with van der Waals surface area (Å²) in [5.74, 6) is 0. The van der Waals surface area contributed by atoms with E-state index < -0.39 is 29.5 Å². The standard InChI is InChI=1S/C23H25F3N6O3/c1-22(2,3)35-21(33)31-11-19(32-10-18(29-30-32)16-8-27-14-28-9-16)20(12-31)34-13-15-4-6-17(7-5-15)23(24,25)26/h4-10,14,19-20H,11-13H2,1-3H3. The van der Waals surface area contributed by atoms with Crippen molar-refractivity contribution < 1.29 is 27.4 Å². The topological polar surface area (TPSA) is 95.3 Å². The Kier molecular flexibility index (Phi) is 6.75. The number of aromatic nitrogens is 5. The average Bonchev–Trinajstić information content (AvgIpc) is 3.44. The van der Waals surface area contributed by atoms with Gasteiger partial charge in [-0.15, -0.1) is 5.10 Å². The zero-order chi connectivity index (χ0) is 25.2. The number of ether oxygens (including phenoxy) is 2. The largest absolute Gasteiger partial charge is 0.444 e. The van der Waals surface area contributed by atoms with Crippen molar-refractivity contribution in [1.82, 2.24) is 29.9 Å². The van der Waals surface area contributed by atoms with E-state index in [1.807, 2.05) is 0 Å². The summed E-state index contributed by atoms with van der Waals surface area (Å²) in [5.41, 5.74) is 0.425. The van der Waals surface area contributed by atoms with Gasteiger partial charge in [0.05, 0.1) is 37.1 Å². The number of nitrogens with zero attached hydrogens (tertiary/aromatic N) is 6. The van der Waals surface area contributed by atoms with E-state index in [0.717, 1.165) is 12.1 Å². The quantitative estimate of drug-likeness (QED) is 0.531. The molecule has 0 saturated carbocycles. The third kappa shape index (κ3) is 6.13. The van der Waals surface area contributed by atoms with Crippen LogP contribution < -0.4 is 0 Å². The van der Waals surface area contributed by atoms with E-state index in [2.05, 4.69) is 20.3 Å². The van der Waals surface area contributed by atoms with Crippen LogP contribution in [0.15, 0.2) is 49.2 Å². The van der Waals surface area contributed by atoms with Crippen LogP contribution in [0.5, 0.6) is 0 Å². The van der Waals surface area contributed by atoms with Crippen LogP contribution in [0.4, 0.5) is 18.0 Å². The lowest BCUT2D eigenvalue weighted by atomic mass is 10.1. The number of amides is 1. The number of benzene rings is 1. The van der Waals surface area contributed by atoms with Crippen molar-refractivity contribution in [2.24, 2.45) is 0 Å². The zero-order valence-electron chi connectivity index (χ0n) is 19.4. The maximum atomic E-state index is 12.8. The van der Waals surface area contributed by atoms with Crippen LogP contribution >= 0.6 is 0 Å². The Morgan fingerprint density at radius 2 is 1.77 bits per heavy atom. The van der Waals surface area contributed by atoms with Crippen molar-refractivity contribution in [3.8, 4) is 11.3 Å². The maximum absolute atomic E-state index is 12.8. The van der Waals surface area contributed by atoms with Crippen LogP contribution in [0, 0.1) is 0 Å². The van der Waals surface area contributed by atoms with Gasteiger partial charge in [0, 0.05) is 24.5 Å². The predicted octanol–water partition coefficient (Wildman–Crippen LogP) is 4.13. The molecule has 1 amide bonds. The van der Waals surface area contributed by atoms with Gasteiger partial charge in [-0.3, -0.25) is 0 Å². The highest BCUT2D eigenvalue weighted by molar-refractivity contribution is 5.68. The number of rotatable bonds is 5. The van der Waals surface area contributed by atoms with Gasteiger partial charge in [-0.05, 0) is 38.5 Å². The fourth-order valence-electron chi connectivity index (χ4n) is 3.65. The number of likely N-dealkylation sites (tertiary alicyclic amines) is 1. The van der Waals surface area contributed by atoms with Gasteiger partial charge in [-0.1, -0.05) is 17.3 Å². The molecule has 12 heteroatoms. The normalized spacial score (nSPS) is 18.6. The maximum Gasteiger partial charge on any atom is 0.416 e. The molecule has 0 bridgehead atoms. The molecule has 1 aliphatic rings. The summed E-state index contributed by atoms with van der Waals surface area (Å²) >= 11 is 0. The summed E-state index contributed by atoms with van der Waals surface area (Å²) in [4.78, 5) is 22.2. The lowest BCUT2D eigenvalue weighted by Crippen LogP contribution is -2.36. The third-order valence-electron chi connectivity index (χ3n) is 5.34. The van der Waals surface area contributed by atoms with E-state index in [4.69, 9.17) is 9.47 Å². The van der Waals surface area contributed by atoms with Gasteiger partial charge < -0.3 is 14.4 Å². The van der Waals surface area contributed by atoms with Crippen molar-refractivity contribution in [2.75, 3.05) is 13.1 Å². The second kappa shape index (κ2) is 9.61. The first-order chi connectivity index (χ1) is 16.5. The fourth-order valence-corrected chi connectivity index (χ4v) is 3.65. The molecular formula is C23H25F3N6O3. The summed E-state index contributed by atoms with van der Waals surface area (Å²) in [6.45, 7) is 5.90. The zero-order valence-corrected chi connectivity index (χ0v) is 19.4. The van der Waals surface area contributed by atoms with E-state index >= 15 is 0 Å². The molecule has 35 heavy (non-hydrogen) atoms. The molecule has 3 heterocycles. The molecule has 2 unspecified atom stereocenters. The Balaban J connectivity index is 1.51. The van der Waals surface area contributed by atoms with E-state index in [-0.39, 0.29) is 25.7 Å². The molecule has 2 aromatic heterocycles. The first-order valence-electron chi connectivity index (χ1n) is 10.9. The minimum absolute atomic E-state index is 0.0650. The van der Waals surface area contributed by atoms with Gasteiger partial charge in [0.25, 0.3) is 0 Å². The van der Waals surface area contributed by atoms with Crippen LogP contribution in [0.2, 0.25) is 0 Å². The van der Waals surface area contributed by atoms with Gasteiger partial charge in [-0.25, -0.2) is 19.4 Å².